The van der Waals surface area contributed by atoms with Crippen molar-refractivity contribution < 1.29 is 53.9 Å². The molecule has 0 saturated carbocycles. The molecule has 0 spiro atoms. The summed E-state index contributed by atoms with van der Waals surface area (Å²) in [7, 11) is 0. The molecule has 0 N–H and O–H groups in total. The van der Waals surface area contributed by atoms with Crippen LogP contribution in [0.15, 0.2) is 0 Å². The van der Waals surface area contributed by atoms with Crippen molar-refractivity contribution in [3.8, 4) is 0 Å². The van der Waals surface area contributed by atoms with Gasteiger partial charge in [0.2, 0.25) is 0 Å². The summed E-state index contributed by atoms with van der Waals surface area (Å²) in [6, 6.07) is 0. The van der Waals surface area contributed by atoms with E-state index in [1.165, 1.54) is 0 Å². The fourth-order valence-electron chi connectivity index (χ4n) is 0. The Hall–Kier alpha value is 2.60. The molecular formula is H2CrCuPbZn. The second-order valence-electron chi connectivity index (χ2n) is 0. The zero-order valence-corrected chi connectivity index (χ0v) is 12.8. The molecule has 0 aromatic carbocycles. The van der Waals surface area contributed by atoms with E-state index in [4.69, 9.17) is 0 Å². The maximum Gasteiger partial charge on any atom is 0 e. The Bertz CT molecular complexity index is 8.00. The molecule has 25 valence electrons. The number of rotatable bonds is 0. The first-order valence-electron chi connectivity index (χ1n) is 0. The molecule has 4 heavy (non-hydrogen) atoms. The van der Waals surface area contributed by atoms with Gasteiger partial charge >= 0.3 is 27.3 Å². The van der Waals surface area contributed by atoms with Crippen LogP contribution >= 0.6 is 0 Å². The molecule has 0 unspecified atom stereocenters. The molecule has 0 atom stereocenters. The molecule has 0 aromatic rings. The van der Waals surface area contributed by atoms with Gasteiger partial charge in [0.1, 0.15) is 0 Å². The van der Waals surface area contributed by atoms with Crippen molar-refractivity contribution in [1.82, 2.24) is 0 Å². The fourth-order valence-corrected chi connectivity index (χ4v) is 0. The topological polar surface area (TPSA) is 0 Å². The van der Waals surface area contributed by atoms with Crippen LogP contribution in [0.3, 0.4) is 0 Å². The second kappa shape index (κ2) is 17.5. The van der Waals surface area contributed by atoms with Crippen molar-refractivity contribution in [3.63, 3.8) is 0 Å². The minimum Gasteiger partial charge on any atom is 0 e. The molecule has 0 aliphatic rings. The minimum atomic E-state index is 0. The van der Waals surface area contributed by atoms with Gasteiger partial charge in [0, 0.05) is 53.9 Å². The summed E-state index contributed by atoms with van der Waals surface area (Å²) in [6.07, 6.45) is 0. The van der Waals surface area contributed by atoms with E-state index in [-0.39, 0.29) is 81.2 Å². The van der Waals surface area contributed by atoms with Gasteiger partial charge in [0.05, 0.1) is 0 Å². The van der Waals surface area contributed by atoms with Gasteiger partial charge in [-0.2, -0.15) is 0 Å². The molecule has 0 rings (SSSR count). The van der Waals surface area contributed by atoms with E-state index in [1.807, 2.05) is 0 Å². The summed E-state index contributed by atoms with van der Waals surface area (Å²) in [5.41, 5.74) is 0. The Morgan fingerprint density at radius 1 is 1.00 bits per heavy atom. The molecule has 3 radical (unpaired) electrons. The molecule has 0 heterocycles. The van der Waals surface area contributed by atoms with E-state index in [0.29, 0.717) is 0 Å². The summed E-state index contributed by atoms with van der Waals surface area (Å²) in [5, 5.41) is 0. The zero-order valence-electron chi connectivity index (χ0n) is 2.12. The van der Waals surface area contributed by atoms with Crippen LogP contribution in [0.1, 0.15) is 0 Å². The standard InChI is InChI=1S/Cr.Cu.Pb.Zn.2H. The van der Waals surface area contributed by atoms with E-state index in [1.54, 1.807) is 0 Å². The average molecular weight is 390 g/mol. The van der Waals surface area contributed by atoms with Gasteiger partial charge in [-0.25, -0.2) is 0 Å². The van der Waals surface area contributed by atoms with E-state index in [9.17, 15) is 0 Å². The molecule has 0 aliphatic carbocycles. The number of hydrogen-bond acceptors (Lipinski definition) is 0. The van der Waals surface area contributed by atoms with Crippen LogP contribution in [-0.4, -0.2) is 27.3 Å². The van der Waals surface area contributed by atoms with Gasteiger partial charge in [-0.15, -0.1) is 0 Å². The van der Waals surface area contributed by atoms with E-state index in [2.05, 4.69) is 0 Å². The first-order chi connectivity index (χ1) is 0. The predicted molar refractivity (Wildman–Crippen MR) is 8.54 cm³/mol. The van der Waals surface area contributed by atoms with E-state index < -0.39 is 0 Å². The third kappa shape index (κ3) is 8.82. The van der Waals surface area contributed by atoms with Crippen molar-refractivity contribution in [2.24, 2.45) is 0 Å². The van der Waals surface area contributed by atoms with Gasteiger partial charge in [-0.05, 0) is 0 Å². The summed E-state index contributed by atoms with van der Waals surface area (Å²) in [5.74, 6) is 0. The van der Waals surface area contributed by atoms with Crippen LogP contribution in [0.25, 0.3) is 0 Å². The van der Waals surface area contributed by atoms with Gasteiger partial charge in [-0.1, -0.05) is 0 Å². The molecule has 0 nitrogen and oxygen atoms in total. The smallest absolute Gasteiger partial charge is 0 e. The van der Waals surface area contributed by atoms with E-state index >= 15 is 0 Å². The Morgan fingerprint density at radius 3 is 1.00 bits per heavy atom. The molecular weight excluding hydrogens is 388 g/mol. The first kappa shape index (κ1) is 30.6. The maximum absolute atomic E-state index is 0. The van der Waals surface area contributed by atoms with Crippen molar-refractivity contribution in [2.75, 3.05) is 0 Å². The Morgan fingerprint density at radius 2 is 1.00 bits per heavy atom. The summed E-state index contributed by atoms with van der Waals surface area (Å²) >= 11 is 0. The third-order valence-corrected chi connectivity index (χ3v) is 0. The van der Waals surface area contributed by atoms with Crippen LogP contribution < -0.4 is 0 Å². The first-order valence-corrected chi connectivity index (χ1v) is 0. The van der Waals surface area contributed by atoms with Crippen LogP contribution in [0.2, 0.25) is 0 Å². The van der Waals surface area contributed by atoms with Crippen LogP contribution in [0.5, 0.6) is 0 Å². The monoisotopic (exact) mass is 389 g/mol. The van der Waals surface area contributed by atoms with E-state index in [0.717, 1.165) is 0 Å². The molecule has 0 fully saturated rings. The summed E-state index contributed by atoms with van der Waals surface area (Å²) < 4.78 is 0. The van der Waals surface area contributed by atoms with Crippen molar-refractivity contribution in [1.29, 1.82) is 0 Å². The van der Waals surface area contributed by atoms with Crippen LogP contribution in [0.4, 0.5) is 0 Å². The largest absolute Gasteiger partial charge is 0 e. The Balaban J connectivity index is 0. The zero-order chi connectivity index (χ0) is 0. The molecule has 0 amide bonds. The van der Waals surface area contributed by atoms with Crippen molar-refractivity contribution >= 4 is 27.3 Å². The second-order valence-corrected chi connectivity index (χ2v) is 0. The van der Waals surface area contributed by atoms with Crippen LogP contribution in [0, 0.1) is 0 Å². The molecule has 0 bridgehead atoms. The van der Waals surface area contributed by atoms with Gasteiger partial charge in [0.25, 0.3) is 0 Å². The third-order valence-electron chi connectivity index (χ3n) is 0. The predicted octanol–water partition coefficient (Wildman–Crippen LogP) is -0.924. The Kier molecular flexibility index (Phi) is 134. The average Bonchev–Trinajstić information content (AvgIpc) is 0. The summed E-state index contributed by atoms with van der Waals surface area (Å²) in [4.78, 5) is 0. The molecule has 0 saturated heterocycles. The van der Waals surface area contributed by atoms with Crippen molar-refractivity contribution in [3.05, 3.63) is 0 Å². The van der Waals surface area contributed by atoms with Gasteiger partial charge in [-0.3, -0.25) is 0 Å². The number of hydrogen-bond donors (Lipinski definition) is 0. The van der Waals surface area contributed by atoms with Gasteiger partial charge in [0.15, 0.2) is 0 Å². The van der Waals surface area contributed by atoms with Gasteiger partial charge < -0.3 is 0 Å². The SMILES string of the molecule is [Cr].[Cu].[PbH2].[Zn]. The minimum absolute atomic E-state index is 0. The summed E-state index contributed by atoms with van der Waals surface area (Å²) in [6.45, 7) is 0. The maximum atomic E-state index is 0. The quantitative estimate of drug-likeness (QED) is 0.470. The fraction of sp³-hybridized carbons (Fsp3) is 0. The van der Waals surface area contributed by atoms with Crippen molar-refractivity contribution in [2.45, 2.75) is 0 Å². The Labute approximate surface area is 80.0 Å². The molecule has 4 heteroatoms. The normalized spacial score (nSPS) is 0. The molecule has 0 aliphatic heterocycles. The van der Waals surface area contributed by atoms with Crippen LogP contribution in [-0.2, 0) is 53.9 Å². The molecule has 0 aromatic heterocycles.